The van der Waals surface area contributed by atoms with Gasteiger partial charge in [-0.1, -0.05) is 33.2 Å². The van der Waals surface area contributed by atoms with Gasteiger partial charge < -0.3 is 38.6 Å². The van der Waals surface area contributed by atoms with Gasteiger partial charge in [-0.25, -0.2) is 19.2 Å². The van der Waals surface area contributed by atoms with Crippen molar-refractivity contribution in [2.24, 2.45) is 16.7 Å². The van der Waals surface area contributed by atoms with Crippen LogP contribution in [0.5, 0.6) is 0 Å². The number of rotatable bonds is 23. The number of aliphatic hydroxyl groups excluding tert-OH is 2. The van der Waals surface area contributed by atoms with Crippen molar-refractivity contribution < 1.29 is 67.4 Å². The number of hydrogen-bond acceptors (Lipinski definition) is 14. The smallest absolute Gasteiger partial charge is 0.333 e. The zero-order valence-corrected chi connectivity index (χ0v) is 28.0. The van der Waals surface area contributed by atoms with Crippen LogP contribution in [0.4, 0.5) is 0 Å². The van der Waals surface area contributed by atoms with E-state index in [2.05, 4.69) is 26.3 Å². The quantitative estimate of drug-likeness (QED) is 0.0913. The monoisotopic (exact) mass is 668 g/mol. The summed E-state index contributed by atoms with van der Waals surface area (Å²) in [6, 6.07) is 0. The molecule has 264 valence electrons. The molecule has 0 aromatic heterocycles. The molecule has 0 amide bonds. The third-order valence-corrected chi connectivity index (χ3v) is 6.54. The first-order valence-corrected chi connectivity index (χ1v) is 14.7. The van der Waals surface area contributed by atoms with E-state index in [1.807, 2.05) is 0 Å². The van der Waals surface area contributed by atoms with Crippen LogP contribution in [0.15, 0.2) is 48.6 Å². The number of carbonyl (C=O) groups excluding carboxylic acids is 6. The normalized spacial score (nSPS) is 11.7. The summed E-state index contributed by atoms with van der Waals surface area (Å²) in [4.78, 5) is 72.8. The Morgan fingerprint density at radius 1 is 0.532 bits per heavy atom. The number of esters is 6. The first-order chi connectivity index (χ1) is 21.8. The molecule has 14 heteroatoms. The Hall–Kier alpha value is -4.30. The summed E-state index contributed by atoms with van der Waals surface area (Å²) in [5, 5.41) is 20.1. The van der Waals surface area contributed by atoms with Crippen molar-refractivity contribution >= 4 is 35.8 Å². The van der Waals surface area contributed by atoms with Gasteiger partial charge in [-0.15, -0.1) is 0 Å². The molecule has 0 fully saturated rings. The molecule has 47 heavy (non-hydrogen) atoms. The minimum absolute atomic E-state index is 0.0968. The second-order valence-corrected chi connectivity index (χ2v) is 11.9. The van der Waals surface area contributed by atoms with Crippen molar-refractivity contribution in [2.45, 2.75) is 53.9 Å². The fourth-order valence-corrected chi connectivity index (χ4v) is 3.24. The van der Waals surface area contributed by atoms with E-state index in [1.54, 1.807) is 6.92 Å². The van der Waals surface area contributed by atoms with Crippen LogP contribution < -0.4 is 0 Å². The van der Waals surface area contributed by atoms with Crippen LogP contribution >= 0.6 is 0 Å². The van der Waals surface area contributed by atoms with Crippen molar-refractivity contribution in [2.75, 3.05) is 52.9 Å². The van der Waals surface area contributed by atoms with E-state index >= 15 is 0 Å². The summed E-state index contributed by atoms with van der Waals surface area (Å²) in [6.45, 7) is 17.3. The second kappa shape index (κ2) is 20.7. The fourth-order valence-electron chi connectivity index (χ4n) is 3.24. The van der Waals surface area contributed by atoms with Gasteiger partial charge in [-0.05, 0) is 40.0 Å². The molecule has 0 aliphatic carbocycles. The summed E-state index contributed by atoms with van der Waals surface area (Å²) in [5.41, 5.74) is -2.54. The molecule has 0 aromatic carbocycles. The highest BCUT2D eigenvalue weighted by Gasteiger charge is 2.37. The number of aliphatic hydroxyl groups is 2. The molecule has 0 bridgehead atoms. The van der Waals surface area contributed by atoms with E-state index < -0.39 is 99.5 Å². The van der Waals surface area contributed by atoms with Crippen LogP contribution in [0.1, 0.15) is 53.9 Å². The lowest BCUT2D eigenvalue weighted by Gasteiger charge is -2.30. The Bertz CT molecular complexity index is 1140. The largest absolute Gasteiger partial charge is 0.465 e. The standard InChI is InChI=1S/C33H48O14/c1-21(2)28(38)44-17-32(13-34,18-45-29(39)22(3)4)15-42-26(36)11-10-25(9)12-27(37)43-16-33(14-35,19-46-30(40)23(5)6)20-47-31(41)24(7)8/h25,34-35H,1,3,5,7,10-20H2,2,4,6,8-9H3. The SMILES string of the molecule is C=C(C)C(=O)OCC(CO)(COC(=O)CCC(C)CC(=O)OCC(CO)(COC(=O)C(=C)C)COC(=O)C(=C)C)COC(=O)C(=C)C. The highest BCUT2D eigenvalue weighted by Crippen LogP contribution is 2.23. The third kappa shape index (κ3) is 16.7. The lowest BCUT2D eigenvalue weighted by Crippen LogP contribution is -2.43. The van der Waals surface area contributed by atoms with Gasteiger partial charge >= 0.3 is 35.8 Å². The molecule has 0 aliphatic rings. The molecular weight excluding hydrogens is 620 g/mol. The first-order valence-electron chi connectivity index (χ1n) is 14.7. The Labute approximate surface area is 275 Å². The molecule has 1 unspecified atom stereocenters. The molecule has 0 spiro atoms. The Morgan fingerprint density at radius 2 is 0.809 bits per heavy atom. The molecule has 1 atom stereocenters. The zero-order chi connectivity index (χ0) is 36.4. The predicted octanol–water partition coefficient (Wildman–Crippen LogP) is 2.31. The average molecular weight is 669 g/mol. The summed E-state index contributed by atoms with van der Waals surface area (Å²) in [7, 11) is 0. The lowest BCUT2D eigenvalue weighted by atomic mass is 9.92. The van der Waals surface area contributed by atoms with Crippen LogP contribution in [0.25, 0.3) is 0 Å². The lowest BCUT2D eigenvalue weighted by molar-refractivity contribution is -0.165. The van der Waals surface area contributed by atoms with E-state index in [1.165, 1.54) is 27.7 Å². The van der Waals surface area contributed by atoms with Crippen molar-refractivity contribution in [3.8, 4) is 0 Å². The first kappa shape index (κ1) is 42.7. The van der Waals surface area contributed by atoms with E-state index in [-0.39, 0.29) is 47.5 Å². The summed E-state index contributed by atoms with van der Waals surface area (Å²) in [5.74, 6) is -4.78. The highest BCUT2D eigenvalue weighted by molar-refractivity contribution is 5.88. The predicted molar refractivity (Wildman–Crippen MR) is 167 cm³/mol. The van der Waals surface area contributed by atoms with E-state index in [4.69, 9.17) is 28.4 Å². The maximum absolute atomic E-state index is 12.6. The number of carbonyl (C=O) groups is 6. The number of ether oxygens (including phenoxy) is 6. The summed E-state index contributed by atoms with van der Waals surface area (Å²) >= 11 is 0. The number of hydrogen-bond donors (Lipinski definition) is 2. The van der Waals surface area contributed by atoms with Gasteiger partial charge in [0.15, 0.2) is 0 Å². The summed E-state index contributed by atoms with van der Waals surface area (Å²) in [6.07, 6.45) is -0.0888. The van der Waals surface area contributed by atoms with Gasteiger partial charge in [0.1, 0.15) is 39.6 Å². The van der Waals surface area contributed by atoms with Crippen LogP contribution in [0.3, 0.4) is 0 Å². The topological polar surface area (TPSA) is 198 Å². The zero-order valence-electron chi connectivity index (χ0n) is 28.0. The van der Waals surface area contributed by atoms with Gasteiger partial charge in [-0.2, -0.15) is 0 Å². The molecular formula is C33H48O14. The summed E-state index contributed by atoms with van der Waals surface area (Å²) < 4.78 is 31.2. The third-order valence-electron chi connectivity index (χ3n) is 6.54. The molecule has 0 saturated carbocycles. The second-order valence-electron chi connectivity index (χ2n) is 11.9. The highest BCUT2D eigenvalue weighted by atomic mass is 16.6. The van der Waals surface area contributed by atoms with Crippen LogP contribution in [0.2, 0.25) is 0 Å². The van der Waals surface area contributed by atoms with Crippen molar-refractivity contribution in [1.82, 2.24) is 0 Å². The van der Waals surface area contributed by atoms with Gasteiger partial charge in [0.2, 0.25) is 0 Å². The Balaban J connectivity index is 5.23. The maximum atomic E-state index is 12.6. The van der Waals surface area contributed by atoms with Crippen molar-refractivity contribution in [3.63, 3.8) is 0 Å². The average Bonchev–Trinajstić information content (AvgIpc) is 3.02. The van der Waals surface area contributed by atoms with E-state index in [9.17, 15) is 39.0 Å². The van der Waals surface area contributed by atoms with E-state index in [0.29, 0.717) is 0 Å². The van der Waals surface area contributed by atoms with Gasteiger partial charge in [0, 0.05) is 35.1 Å². The minimum atomic E-state index is -1.46. The molecule has 0 heterocycles. The molecule has 0 saturated heterocycles. The van der Waals surface area contributed by atoms with Crippen LogP contribution in [0, 0.1) is 16.7 Å². The van der Waals surface area contributed by atoms with Gasteiger partial charge in [0.05, 0.1) is 24.0 Å². The molecule has 0 rings (SSSR count). The van der Waals surface area contributed by atoms with E-state index in [0.717, 1.165) is 0 Å². The Kier molecular flexibility index (Phi) is 18.8. The molecule has 0 radical (unpaired) electrons. The van der Waals surface area contributed by atoms with Crippen molar-refractivity contribution in [3.05, 3.63) is 48.6 Å². The minimum Gasteiger partial charge on any atom is -0.465 e. The molecule has 14 nitrogen and oxygen atoms in total. The maximum Gasteiger partial charge on any atom is 0.333 e. The van der Waals surface area contributed by atoms with Crippen molar-refractivity contribution in [1.29, 1.82) is 0 Å². The van der Waals surface area contributed by atoms with Crippen LogP contribution in [-0.2, 0) is 57.2 Å². The Morgan fingerprint density at radius 3 is 1.09 bits per heavy atom. The van der Waals surface area contributed by atoms with Crippen LogP contribution in [-0.4, -0.2) is 98.9 Å². The van der Waals surface area contributed by atoms with Gasteiger partial charge in [-0.3, -0.25) is 9.59 Å². The fraction of sp³-hybridized carbons (Fsp3) is 0.576. The molecule has 0 aliphatic heterocycles. The molecule has 0 aromatic rings. The molecule has 2 N–H and O–H groups in total. The van der Waals surface area contributed by atoms with Gasteiger partial charge in [0.25, 0.3) is 0 Å².